The van der Waals surface area contributed by atoms with Crippen LogP contribution in [0.1, 0.15) is 32.5 Å². The van der Waals surface area contributed by atoms with E-state index in [1.165, 1.54) is 4.90 Å². The minimum absolute atomic E-state index is 0.134. The SMILES string of the molecule is Cc1noc(CN(C)C(=O)NCCSC(C)(C)C)n1. The monoisotopic (exact) mass is 286 g/mol. The first-order valence-corrected chi connectivity index (χ1v) is 7.18. The molecule has 0 aliphatic carbocycles. The lowest BCUT2D eigenvalue weighted by molar-refractivity contribution is 0.200. The van der Waals surface area contributed by atoms with Gasteiger partial charge in [-0.15, -0.1) is 0 Å². The fraction of sp³-hybridized carbons (Fsp3) is 0.750. The van der Waals surface area contributed by atoms with Crippen molar-refractivity contribution in [2.75, 3.05) is 19.3 Å². The average molecular weight is 286 g/mol. The number of rotatable bonds is 5. The van der Waals surface area contributed by atoms with Gasteiger partial charge in [0.2, 0.25) is 5.89 Å². The van der Waals surface area contributed by atoms with Gasteiger partial charge in [0.25, 0.3) is 0 Å². The highest BCUT2D eigenvalue weighted by atomic mass is 32.2. The summed E-state index contributed by atoms with van der Waals surface area (Å²) in [5, 5.41) is 6.54. The number of nitrogens with zero attached hydrogens (tertiary/aromatic N) is 3. The second kappa shape index (κ2) is 6.79. The van der Waals surface area contributed by atoms with Gasteiger partial charge in [-0.25, -0.2) is 4.79 Å². The number of aromatic nitrogens is 2. The van der Waals surface area contributed by atoms with Crippen LogP contribution in [0.3, 0.4) is 0 Å². The summed E-state index contributed by atoms with van der Waals surface area (Å²) in [5.74, 6) is 1.91. The Morgan fingerprint density at radius 3 is 2.68 bits per heavy atom. The van der Waals surface area contributed by atoms with Crippen molar-refractivity contribution in [2.24, 2.45) is 0 Å². The summed E-state index contributed by atoms with van der Waals surface area (Å²) < 4.78 is 5.19. The van der Waals surface area contributed by atoms with Gasteiger partial charge in [0.05, 0.1) is 0 Å². The number of thioether (sulfide) groups is 1. The first-order valence-electron chi connectivity index (χ1n) is 6.20. The maximum atomic E-state index is 11.8. The lowest BCUT2D eigenvalue weighted by Crippen LogP contribution is -2.38. The molecule has 0 radical (unpaired) electrons. The Bertz CT molecular complexity index is 414. The highest BCUT2D eigenvalue weighted by Crippen LogP contribution is 2.21. The summed E-state index contributed by atoms with van der Waals surface area (Å²) in [4.78, 5) is 17.4. The molecular formula is C12H22N4O2S. The quantitative estimate of drug-likeness (QED) is 0.839. The summed E-state index contributed by atoms with van der Waals surface area (Å²) in [5.41, 5.74) is 0. The Balaban J connectivity index is 2.25. The molecule has 2 amide bonds. The van der Waals surface area contributed by atoms with Gasteiger partial charge in [0.1, 0.15) is 6.54 Å². The van der Waals surface area contributed by atoms with Crippen molar-refractivity contribution in [1.29, 1.82) is 0 Å². The fourth-order valence-electron chi connectivity index (χ4n) is 1.33. The number of hydrogen-bond acceptors (Lipinski definition) is 5. The topological polar surface area (TPSA) is 71.3 Å². The summed E-state index contributed by atoms with van der Waals surface area (Å²) in [6.07, 6.45) is 0. The van der Waals surface area contributed by atoms with Gasteiger partial charge < -0.3 is 14.7 Å². The average Bonchev–Trinajstić information content (AvgIpc) is 2.68. The Morgan fingerprint density at radius 2 is 2.16 bits per heavy atom. The Labute approximate surface area is 118 Å². The molecule has 0 saturated carbocycles. The summed E-state index contributed by atoms with van der Waals surface area (Å²) in [7, 11) is 1.70. The van der Waals surface area contributed by atoms with E-state index in [1.807, 2.05) is 11.8 Å². The van der Waals surface area contributed by atoms with Crippen molar-refractivity contribution < 1.29 is 9.32 Å². The molecule has 19 heavy (non-hydrogen) atoms. The molecule has 1 aromatic heterocycles. The third-order valence-electron chi connectivity index (χ3n) is 2.20. The molecule has 1 rings (SSSR count). The van der Waals surface area contributed by atoms with E-state index in [0.29, 0.717) is 24.8 Å². The van der Waals surface area contributed by atoms with Crippen LogP contribution in [0, 0.1) is 6.92 Å². The number of carbonyl (C=O) groups is 1. The van der Waals surface area contributed by atoms with Crippen LogP contribution in [0.5, 0.6) is 0 Å². The predicted octanol–water partition coefficient (Wildman–Crippen LogP) is 2.05. The number of carbonyl (C=O) groups excluding carboxylic acids is 1. The number of hydrogen-bond donors (Lipinski definition) is 1. The maximum absolute atomic E-state index is 11.8. The summed E-state index contributed by atoms with van der Waals surface area (Å²) >= 11 is 1.82. The number of urea groups is 1. The lowest BCUT2D eigenvalue weighted by Gasteiger charge is -2.19. The van der Waals surface area contributed by atoms with Crippen LogP contribution in [0.4, 0.5) is 4.79 Å². The smallest absolute Gasteiger partial charge is 0.317 e. The minimum Gasteiger partial charge on any atom is -0.337 e. The largest absolute Gasteiger partial charge is 0.337 e. The van der Waals surface area contributed by atoms with Crippen molar-refractivity contribution in [2.45, 2.75) is 39.0 Å². The third-order valence-corrected chi connectivity index (χ3v) is 3.48. The van der Waals surface area contributed by atoms with E-state index in [4.69, 9.17) is 4.52 Å². The summed E-state index contributed by atoms with van der Waals surface area (Å²) in [6, 6.07) is -0.134. The zero-order valence-electron chi connectivity index (χ0n) is 12.2. The van der Waals surface area contributed by atoms with Crippen LogP contribution in [0.15, 0.2) is 4.52 Å². The number of nitrogens with one attached hydrogen (secondary N) is 1. The molecule has 0 spiro atoms. The van der Waals surface area contributed by atoms with Gasteiger partial charge in [-0.2, -0.15) is 16.7 Å². The molecule has 0 aromatic carbocycles. The van der Waals surface area contributed by atoms with E-state index in [1.54, 1.807) is 14.0 Å². The van der Waals surface area contributed by atoms with Crippen LogP contribution in [0.25, 0.3) is 0 Å². The van der Waals surface area contributed by atoms with Crippen LogP contribution in [-0.4, -0.2) is 45.2 Å². The van der Waals surface area contributed by atoms with Crippen molar-refractivity contribution in [3.05, 3.63) is 11.7 Å². The molecule has 1 heterocycles. The highest BCUT2D eigenvalue weighted by Gasteiger charge is 2.13. The van der Waals surface area contributed by atoms with E-state index >= 15 is 0 Å². The van der Waals surface area contributed by atoms with Crippen molar-refractivity contribution >= 4 is 17.8 Å². The van der Waals surface area contributed by atoms with Crippen LogP contribution < -0.4 is 5.32 Å². The standard InChI is InChI=1S/C12H22N4O2S/c1-9-14-10(18-15-9)8-16(5)11(17)13-6-7-19-12(2,3)4/h6-8H2,1-5H3,(H,13,17). The van der Waals surface area contributed by atoms with E-state index in [9.17, 15) is 4.79 Å². The van der Waals surface area contributed by atoms with Gasteiger partial charge in [-0.05, 0) is 6.92 Å². The third kappa shape index (κ3) is 6.47. The van der Waals surface area contributed by atoms with E-state index < -0.39 is 0 Å². The van der Waals surface area contributed by atoms with E-state index in [-0.39, 0.29) is 10.8 Å². The second-order valence-electron chi connectivity index (χ2n) is 5.28. The molecule has 1 aromatic rings. The molecule has 108 valence electrons. The number of amides is 2. The lowest BCUT2D eigenvalue weighted by atomic mass is 10.3. The fourth-order valence-corrected chi connectivity index (χ4v) is 2.15. The van der Waals surface area contributed by atoms with Crippen LogP contribution >= 0.6 is 11.8 Å². The molecule has 0 aliphatic rings. The van der Waals surface area contributed by atoms with E-state index in [2.05, 4.69) is 36.2 Å². The highest BCUT2D eigenvalue weighted by molar-refractivity contribution is 8.00. The Hall–Kier alpha value is -1.24. The molecule has 1 N–H and O–H groups in total. The minimum atomic E-state index is -0.134. The zero-order valence-corrected chi connectivity index (χ0v) is 13.0. The summed E-state index contributed by atoms with van der Waals surface area (Å²) in [6.45, 7) is 9.18. The van der Waals surface area contributed by atoms with Crippen LogP contribution in [0.2, 0.25) is 0 Å². The molecule has 0 fully saturated rings. The predicted molar refractivity (Wildman–Crippen MR) is 76.1 cm³/mol. The Kier molecular flexibility index (Phi) is 5.65. The van der Waals surface area contributed by atoms with Gasteiger partial charge in [-0.1, -0.05) is 25.9 Å². The Morgan fingerprint density at radius 1 is 1.47 bits per heavy atom. The molecule has 6 nitrogen and oxygen atoms in total. The first-order chi connectivity index (χ1) is 8.78. The second-order valence-corrected chi connectivity index (χ2v) is 7.21. The normalized spacial score (nSPS) is 11.4. The molecule has 7 heteroatoms. The van der Waals surface area contributed by atoms with Crippen LogP contribution in [-0.2, 0) is 6.54 Å². The van der Waals surface area contributed by atoms with Gasteiger partial charge >= 0.3 is 6.03 Å². The van der Waals surface area contributed by atoms with Crippen molar-refractivity contribution in [3.8, 4) is 0 Å². The molecule has 0 aliphatic heterocycles. The van der Waals surface area contributed by atoms with E-state index in [0.717, 1.165) is 5.75 Å². The molecule has 0 saturated heterocycles. The van der Waals surface area contributed by atoms with Crippen molar-refractivity contribution in [1.82, 2.24) is 20.4 Å². The first kappa shape index (κ1) is 15.8. The molecule has 0 bridgehead atoms. The van der Waals surface area contributed by atoms with Gasteiger partial charge in [0, 0.05) is 24.1 Å². The molecule has 0 atom stereocenters. The van der Waals surface area contributed by atoms with Gasteiger partial charge in [-0.3, -0.25) is 0 Å². The molecular weight excluding hydrogens is 264 g/mol. The van der Waals surface area contributed by atoms with Crippen molar-refractivity contribution in [3.63, 3.8) is 0 Å². The number of aryl methyl sites for hydroxylation is 1. The maximum Gasteiger partial charge on any atom is 0.317 e. The molecule has 0 unspecified atom stereocenters. The van der Waals surface area contributed by atoms with Gasteiger partial charge in [0.15, 0.2) is 5.82 Å². The zero-order chi connectivity index (χ0) is 14.5.